The van der Waals surface area contributed by atoms with E-state index in [-0.39, 0.29) is 25.9 Å². The molecule has 0 aliphatic carbocycles. The van der Waals surface area contributed by atoms with Gasteiger partial charge in [-0.15, -0.1) is 0 Å². The molecule has 12 nitrogen and oxygen atoms in total. The summed E-state index contributed by atoms with van der Waals surface area (Å²) in [6, 6.07) is 0. The first-order valence-corrected chi connectivity index (χ1v) is 31.6. The second kappa shape index (κ2) is 53.3. The lowest BCUT2D eigenvalue weighted by Crippen LogP contribution is -2.61. The largest absolute Gasteiger partial charge is 0.479 e. The summed E-state index contributed by atoms with van der Waals surface area (Å²) in [6.07, 6.45) is 52.1. The van der Waals surface area contributed by atoms with Crippen LogP contribution in [0.15, 0.2) is 48.6 Å². The maximum atomic E-state index is 13.2. The van der Waals surface area contributed by atoms with Gasteiger partial charge in [0.05, 0.1) is 6.61 Å². The van der Waals surface area contributed by atoms with Gasteiger partial charge in [-0.05, 0) is 83.5 Å². The van der Waals surface area contributed by atoms with Gasteiger partial charge >= 0.3 is 23.9 Å². The third-order valence-corrected chi connectivity index (χ3v) is 14.4. The molecule has 1 heterocycles. The quantitative estimate of drug-likeness (QED) is 0.0228. The van der Waals surface area contributed by atoms with E-state index in [1.54, 1.807) is 0 Å². The first-order valence-electron chi connectivity index (χ1n) is 31.6. The SMILES string of the molecule is CCCCC/C=C\C/C=C\C/C=C\CCCCCCCCC(=O)OC1C(OCC(COC(=O)CCCCCCC/C=C\CCCCCCCC)OC(=O)CCCCCCCCCCCCCCC)OC(C(=O)O)C(O)C1O. The zero-order valence-corrected chi connectivity index (χ0v) is 49.2. The number of carbonyl (C=O) groups is 4. The van der Waals surface area contributed by atoms with Crippen molar-refractivity contribution in [2.75, 3.05) is 13.2 Å². The topological polar surface area (TPSA) is 175 Å². The highest BCUT2D eigenvalue weighted by molar-refractivity contribution is 5.74. The van der Waals surface area contributed by atoms with Crippen LogP contribution in [0.2, 0.25) is 0 Å². The minimum absolute atomic E-state index is 0.0470. The Morgan fingerprint density at radius 3 is 1.22 bits per heavy atom. The van der Waals surface area contributed by atoms with Crippen molar-refractivity contribution in [2.24, 2.45) is 0 Å². The van der Waals surface area contributed by atoms with Gasteiger partial charge in [-0.1, -0.05) is 236 Å². The van der Waals surface area contributed by atoms with Gasteiger partial charge in [-0.2, -0.15) is 0 Å². The van der Waals surface area contributed by atoms with E-state index in [0.29, 0.717) is 19.3 Å². The van der Waals surface area contributed by atoms with Crippen LogP contribution in [0.3, 0.4) is 0 Å². The van der Waals surface area contributed by atoms with E-state index in [4.69, 9.17) is 23.7 Å². The van der Waals surface area contributed by atoms with E-state index in [2.05, 4.69) is 69.4 Å². The highest BCUT2D eigenvalue weighted by Crippen LogP contribution is 2.27. The summed E-state index contributed by atoms with van der Waals surface area (Å²) in [6.45, 7) is 5.98. The summed E-state index contributed by atoms with van der Waals surface area (Å²) >= 11 is 0. The van der Waals surface area contributed by atoms with Crippen LogP contribution in [0.25, 0.3) is 0 Å². The Balaban J connectivity index is 2.66. The number of rotatable bonds is 54. The number of hydrogen-bond acceptors (Lipinski definition) is 11. The van der Waals surface area contributed by atoms with Crippen LogP contribution in [0, 0.1) is 0 Å². The zero-order chi connectivity index (χ0) is 56.1. The summed E-state index contributed by atoms with van der Waals surface area (Å²) in [5.41, 5.74) is 0. The lowest BCUT2D eigenvalue weighted by atomic mass is 9.98. The lowest BCUT2D eigenvalue weighted by Gasteiger charge is -2.40. The van der Waals surface area contributed by atoms with Crippen molar-refractivity contribution in [1.82, 2.24) is 0 Å². The van der Waals surface area contributed by atoms with E-state index in [9.17, 15) is 34.5 Å². The average Bonchev–Trinajstić information content (AvgIpc) is 3.42. The van der Waals surface area contributed by atoms with Crippen LogP contribution in [0.4, 0.5) is 0 Å². The van der Waals surface area contributed by atoms with Crippen molar-refractivity contribution < 1.29 is 58.2 Å². The summed E-state index contributed by atoms with van der Waals surface area (Å²) in [5.74, 6) is -3.12. The molecule has 1 rings (SSSR count). The van der Waals surface area contributed by atoms with Crippen LogP contribution in [-0.4, -0.2) is 89.2 Å². The molecule has 0 bridgehead atoms. The predicted molar refractivity (Wildman–Crippen MR) is 312 cm³/mol. The first-order chi connectivity index (χ1) is 37.6. The van der Waals surface area contributed by atoms with Crippen LogP contribution in [-0.2, 0) is 42.9 Å². The molecule has 1 aliphatic heterocycles. The van der Waals surface area contributed by atoms with Crippen LogP contribution >= 0.6 is 0 Å². The molecule has 0 amide bonds. The molecule has 0 saturated carbocycles. The molecule has 0 aromatic carbocycles. The number of ether oxygens (including phenoxy) is 5. The number of carbonyl (C=O) groups excluding carboxylic acids is 3. The third-order valence-electron chi connectivity index (χ3n) is 14.4. The van der Waals surface area contributed by atoms with Crippen LogP contribution in [0.1, 0.15) is 290 Å². The Labute approximate surface area is 469 Å². The van der Waals surface area contributed by atoms with Gasteiger partial charge in [0.15, 0.2) is 24.6 Å². The van der Waals surface area contributed by atoms with Gasteiger partial charge in [0.2, 0.25) is 0 Å². The van der Waals surface area contributed by atoms with Gasteiger partial charge in [-0.25, -0.2) is 4.79 Å². The number of hydrogen-bond donors (Lipinski definition) is 3. The molecule has 1 saturated heterocycles. The average molecular weight is 1090 g/mol. The normalized spacial score (nSPS) is 18.3. The predicted octanol–water partition coefficient (Wildman–Crippen LogP) is 16.6. The number of aliphatic hydroxyl groups is 2. The number of esters is 3. The van der Waals surface area contributed by atoms with Gasteiger partial charge in [-0.3, -0.25) is 14.4 Å². The monoisotopic (exact) mass is 1090 g/mol. The number of carboxylic acid groups (broad SMARTS) is 1. The number of unbranched alkanes of at least 4 members (excludes halogenated alkanes) is 32. The molecular formula is C65H114O12. The molecule has 77 heavy (non-hydrogen) atoms. The second-order valence-corrected chi connectivity index (χ2v) is 21.7. The number of aliphatic carboxylic acids is 1. The molecule has 12 heteroatoms. The van der Waals surface area contributed by atoms with Crippen LogP contribution in [0.5, 0.6) is 0 Å². The number of aliphatic hydroxyl groups excluding tert-OH is 2. The standard InChI is InChI=1S/C65H114O12/c1-4-7-10-13-16-19-22-25-27-28-29-30-32-35-38-41-44-47-50-53-59(68)76-63-61(70)60(69)62(64(71)72)77-65(63)74-55-56(75-58(67)52-49-46-43-40-37-33-24-21-18-15-12-9-6-3)54-73-57(66)51-48-45-42-39-36-34-31-26-23-20-17-14-11-8-5-2/h16,19,25-27,29-31,56,60-63,65,69-70H,4-15,17-18,20-24,28,32-55H2,1-3H3,(H,71,72)/b19-16-,27-25-,30-29-,31-26-. The van der Waals surface area contributed by atoms with Crippen molar-refractivity contribution >= 4 is 23.9 Å². The summed E-state index contributed by atoms with van der Waals surface area (Å²) in [7, 11) is 0. The fraction of sp³-hybridized carbons (Fsp3) is 0.815. The van der Waals surface area contributed by atoms with Gasteiger partial charge < -0.3 is 39.0 Å². The van der Waals surface area contributed by atoms with E-state index in [0.717, 1.165) is 109 Å². The highest BCUT2D eigenvalue weighted by Gasteiger charge is 2.50. The van der Waals surface area contributed by atoms with Crippen molar-refractivity contribution in [3.8, 4) is 0 Å². The van der Waals surface area contributed by atoms with Gasteiger partial charge in [0.1, 0.15) is 18.8 Å². The molecule has 0 aromatic rings. The zero-order valence-electron chi connectivity index (χ0n) is 49.2. The van der Waals surface area contributed by atoms with Gasteiger partial charge in [0, 0.05) is 19.3 Å². The minimum atomic E-state index is -1.91. The maximum absolute atomic E-state index is 13.2. The fourth-order valence-corrected chi connectivity index (χ4v) is 9.49. The minimum Gasteiger partial charge on any atom is -0.479 e. The summed E-state index contributed by atoms with van der Waals surface area (Å²) in [4.78, 5) is 51.2. The highest BCUT2D eigenvalue weighted by atomic mass is 16.7. The molecule has 6 unspecified atom stereocenters. The Morgan fingerprint density at radius 1 is 0.429 bits per heavy atom. The lowest BCUT2D eigenvalue weighted by molar-refractivity contribution is -0.301. The Morgan fingerprint density at radius 2 is 0.779 bits per heavy atom. The second-order valence-electron chi connectivity index (χ2n) is 21.7. The molecule has 0 spiro atoms. The fourth-order valence-electron chi connectivity index (χ4n) is 9.49. The van der Waals surface area contributed by atoms with Crippen molar-refractivity contribution in [3.05, 3.63) is 48.6 Å². The van der Waals surface area contributed by atoms with Crippen molar-refractivity contribution in [3.63, 3.8) is 0 Å². The van der Waals surface area contributed by atoms with E-state index in [1.807, 2.05) is 0 Å². The smallest absolute Gasteiger partial charge is 0.335 e. The van der Waals surface area contributed by atoms with E-state index < -0.39 is 67.3 Å². The van der Waals surface area contributed by atoms with Gasteiger partial charge in [0.25, 0.3) is 0 Å². The molecule has 3 N–H and O–H groups in total. The molecule has 0 aromatic heterocycles. The molecule has 1 fully saturated rings. The van der Waals surface area contributed by atoms with E-state index in [1.165, 1.54) is 122 Å². The summed E-state index contributed by atoms with van der Waals surface area (Å²) in [5, 5.41) is 31.5. The Hall–Kier alpha value is -3.32. The molecule has 446 valence electrons. The Bertz CT molecular complexity index is 1520. The number of carboxylic acids is 1. The Kier molecular flexibility index (Phi) is 49.7. The van der Waals surface area contributed by atoms with Crippen LogP contribution < -0.4 is 0 Å². The number of allylic oxidation sites excluding steroid dienone is 8. The first kappa shape index (κ1) is 71.7. The summed E-state index contributed by atoms with van der Waals surface area (Å²) < 4.78 is 28.5. The van der Waals surface area contributed by atoms with Crippen molar-refractivity contribution in [1.29, 1.82) is 0 Å². The molecule has 0 radical (unpaired) electrons. The maximum Gasteiger partial charge on any atom is 0.335 e. The molecular weight excluding hydrogens is 973 g/mol. The third kappa shape index (κ3) is 43.2. The molecule has 6 atom stereocenters. The van der Waals surface area contributed by atoms with E-state index >= 15 is 0 Å². The molecule has 1 aliphatic rings. The van der Waals surface area contributed by atoms with Crippen molar-refractivity contribution in [2.45, 2.75) is 327 Å².